The van der Waals surface area contributed by atoms with Gasteiger partial charge in [0.15, 0.2) is 11.6 Å². The van der Waals surface area contributed by atoms with Gasteiger partial charge in [0, 0.05) is 23.0 Å². The number of Topliss-reactive ketones (excluding diaryl/α,β-unsaturated/α-hetero) is 2. The van der Waals surface area contributed by atoms with Crippen molar-refractivity contribution in [2.24, 2.45) is 11.8 Å². The lowest BCUT2D eigenvalue weighted by Gasteiger charge is -2.10. The molecule has 0 heterocycles. The van der Waals surface area contributed by atoms with E-state index in [-0.39, 0.29) is 23.4 Å². The minimum Gasteiger partial charge on any atom is -0.294 e. The second-order valence-corrected chi connectivity index (χ2v) is 6.27. The predicted molar refractivity (Wildman–Crippen MR) is 79.0 cm³/mol. The van der Waals surface area contributed by atoms with Crippen LogP contribution in [0.4, 0.5) is 0 Å². The van der Waals surface area contributed by atoms with E-state index in [1.165, 1.54) is 25.7 Å². The van der Waals surface area contributed by atoms with Gasteiger partial charge in [0.25, 0.3) is 0 Å². The Bertz CT molecular complexity index is 442. The quantitative estimate of drug-likeness (QED) is 0.758. The second kappa shape index (κ2) is 5.90. The summed E-state index contributed by atoms with van der Waals surface area (Å²) in [5, 5.41) is 0. The first-order valence-corrected chi connectivity index (χ1v) is 7.94. The average Bonchev–Trinajstić information content (AvgIpc) is 3.18. The second-order valence-electron chi connectivity index (χ2n) is 6.27. The van der Waals surface area contributed by atoms with E-state index in [9.17, 15) is 9.59 Å². The molecule has 0 bridgehead atoms. The number of hydrogen-bond donors (Lipinski definition) is 0. The molecule has 1 aromatic carbocycles. The molecule has 0 atom stereocenters. The first-order chi connectivity index (χ1) is 9.75. The van der Waals surface area contributed by atoms with Gasteiger partial charge >= 0.3 is 0 Å². The molecule has 0 amide bonds. The maximum absolute atomic E-state index is 12.3. The largest absolute Gasteiger partial charge is 0.294 e. The van der Waals surface area contributed by atoms with Gasteiger partial charge in [0.1, 0.15) is 0 Å². The predicted octanol–water partition coefficient (Wildman–Crippen LogP) is 4.43. The number of ketones is 2. The highest BCUT2D eigenvalue weighted by Gasteiger charge is 2.25. The Kier molecular flexibility index (Phi) is 4.00. The fourth-order valence-corrected chi connectivity index (χ4v) is 3.65. The normalized spacial score (nSPS) is 20.4. The molecule has 20 heavy (non-hydrogen) atoms. The molecule has 0 N–H and O–H groups in total. The standard InChI is InChI=1S/C18H22O2/c19-17(13-5-1-2-6-13)15-9-11-16(12-10-15)18(20)14-7-3-4-8-14/h9-14H,1-8H2. The molecule has 0 radical (unpaired) electrons. The lowest BCUT2D eigenvalue weighted by atomic mass is 9.92. The molecule has 106 valence electrons. The van der Waals surface area contributed by atoms with Crippen molar-refractivity contribution in [2.75, 3.05) is 0 Å². The Labute approximate surface area is 120 Å². The van der Waals surface area contributed by atoms with Crippen molar-refractivity contribution >= 4 is 11.6 Å². The number of benzene rings is 1. The molecule has 2 aliphatic carbocycles. The smallest absolute Gasteiger partial charge is 0.165 e. The monoisotopic (exact) mass is 270 g/mol. The van der Waals surface area contributed by atoms with E-state index >= 15 is 0 Å². The molecule has 2 fully saturated rings. The van der Waals surface area contributed by atoms with Crippen LogP contribution in [0.5, 0.6) is 0 Å². The SMILES string of the molecule is O=C(c1ccc(C(=O)C2CCCC2)cc1)C1CCCC1. The molecule has 0 unspecified atom stereocenters. The zero-order chi connectivity index (χ0) is 13.9. The molecule has 2 saturated carbocycles. The van der Waals surface area contributed by atoms with Gasteiger partial charge in [-0.1, -0.05) is 49.9 Å². The summed E-state index contributed by atoms with van der Waals surface area (Å²) in [5.74, 6) is 0.961. The highest BCUT2D eigenvalue weighted by molar-refractivity contribution is 6.01. The van der Waals surface area contributed by atoms with Crippen molar-refractivity contribution in [3.05, 3.63) is 35.4 Å². The van der Waals surface area contributed by atoms with Crippen molar-refractivity contribution in [1.29, 1.82) is 0 Å². The van der Waals surface area contributed by atoms with Crippen LogP contribution in [-0.2, 0) is 0 Å². The van der Waals surface area contributed by atoms with Crippen molar-refractivity contribution in [3.63, 3.8) is 0 Å². The van der Waals surface area contributed by atoms with E-state index < -0.39 is 0 Å². The van der Waals surface area contributed by atoms with Crippen LogP contribution in [0.15, 0.2) is 24.3 Å². The van der Waals surface area contributed by atoms with Crippen LogP contribution < -0.4 is 0 Å². The summed E-state index contributed by atoms with van der Waals surface area (Å²) in [6.45, 7) is 0. The van der Waals surface area contributed by atoms with Crippen LogP contribution in [-0.4, -0.2) is 11.6 Å². The van der Waals surface area contributed by atoms with E-state index in [1.54, 1.807) is 0 Å². The summed E-state index contributed by atoms with van der Waals surface area (Å²) < 4.78 is 0. The van der Waals surface area contributed by atoms with Crippen LogP contribution in [0, 0.1) is 11.8 Å². The van der Waals surface area contributed by atoms with Crippen LogP contribution in [0.2, 0.25) is 0 Å². The summed E-state index contributed by atoms with van der Waals surface area (Å²) in [5.41, 5.74) is 1.56. The fraction of sp³-hybridized carbons (Fsp3) is 0.556. The third kappa shape index (κ3) is 2.70. The van der Waals surface area contributed by atoms with E-state index in [1.807, 2.05) is 24.3 Å². The molecule has 2 heteroatoms. The van der Waals surface area contributed by atoms with Gasteiger partial charge in [-0.25, -0.2) is 0 Å². The zero-order valence-corrected chi connectivity index (χ0v) is 11.9. The highest BCUT2D eigenvalue weighted by atomic mass is 16.1. The van der Waals surface area contributed by atoms with Crippen LogP contribution in [0.3, 0.4) is 0 Å². The molecular formula is C18H22O2. The molecule has 0 saturated heterocycles. The van der Waals surface area contributed by atoms with Crippen LogP contribution in [0.1, 0.15) is 72.1 Å². The van der Waals surface area contributed by atoms with Crippen molar-refractivity contribution in [3.8, 4) is 0 Å². The average molecular weight is 270 g/mol. The molecule has 3 rings (SSSR count). The Morgan fingerprint density at radius 2 is 0.950 bits per heavy atom. The summed E-state index contributed by atoms with van der Waals surface area (Å²) in [6.07, 6.45) is 8.82. The molecule has 0 spiro atoms. The minimum absolute atomic E-state index is 0.214. The topological polar surface area (TPSA) is 34.1 Å². The Balaban J connectivity index is 1.70. The fourth-order valence-electron chi connectivity index (χ4n) is 3.65. The molecule has 1 aromatic rings. The lowest BCUT2D eigenvalue weighted by Crippen LogP contribution is -2.13. The van der Waals surface area contributed by atoms with Gasteiger partial charge in [0.05, 0.1) is 0 Å². The summed E-state index contributed by atoms with van der Waals surface area (Å²) in [6, 6.07) is 7.40. The molecule has 0 aliphatic heterocycles. The van der Waals surface area contributed by atoms with Gasteiger partial charge in [-0.05, 0) is 25.7 Å². The van der Waals surface area contributed by atoms with E-state index in [2.05, 4.69) is 0 Å². The Hall–Kier alpha value is -1.44. The minimum atomic E-state index is 0.214. The molecule has 2 nitrogen and oxygen atoms in total. The van der Waals surface area contributed by atoms with E-state index in [4.69, 9.17) is 0 Å². The van der Waals surface area contributed by atoms with Crippen LogP contribution in [0.25, 0.3) is 0 Å². The van der Waals surface area contributed by atoms with Gasteiger partial charge in [0.2, 0.25) is 0 Å². The van der Waals surface area contributed by atoms with Gasteiger partial charge in [-0.3, -0.25) is 9.59 Å². The first-order valence-electron chi connectivity index (χ1n) is 7.94. The highest BCUT2D eigenvalue weighted by Crippen LogP contribution is 2.30. The van der Waals surface area contributed by atoms with Gasteiger partial charge < -0.3 is 0 Å². The maximum atomic E-state index is 12.3. The van der Waals surface area contributed by atoms with Crippen molar-refractivity contribution in [1.82, 2.24) is 0 Å². The van der Waals surface area contributed by atoms with E-state index in [0.717, 1.165) is 36.8 Å². The van der Waals surface area contributed by atoms with Gasteiger partial charge in [-0.15, -0.1) is 0 Å². The third-order valence-corrected chi connectivity index (χ3v) is 4.91. The summed E-state index contributed by atoms with van der Waals surface area (Å²) >= 11 is 0. The number of hydrogen-bond acceptors (Lipinski definition) is 2. The molecular weight excluding hydrogens is 248 g/mol. The summed E-state index contributed by atoms with van der Waals surface area (Å²) in [4.78, 5) is 24.6. The zero-order valence-electron chi connectivity index (χ0n) is 11.9. The number of rotatable bonds is 4. The lowest BCUT2D eigenvalue weighted by molar-refractivity contribution is 0.0911. The number of carbonyl (C=O) groups is 2. The maximum Gasteiger partial charge on any atom is 0.165 e. The van der Waals surface area contributed by atoms with Crippen molar-refractivity contribution < 1.29 is 9.59 Å². The van der Waals surface area contributed by atoms with Gasteiger partial charge in [-0.2, -0.15) is 0 Å². The first kappa shape index (κ1) is 13.5. The molecule has 2 aliphatic rings. The third-order valence-electron chi connectivity index (χ3n) is 4.91. The molecule has 0 aromatic heterocycles. The Morgan fingerprint density at radius 3 is 1.25 bits per heavy atom. The van der Waals surface area contributed by atoms with Crippen LogP contribution >= 0.6 is 0 Å². The summed E-state index contributed by atoms with van der Waals surface area (Å²) in [7, 11) is 0. The van der Waals surface area contributed by atoms with Crippen molar-refractivity contribution in [2.45, 2.75) is 51.4 Å². The van der Waals surface area contributed by atoms with E-state index in [0.29, 0.717) is 0 Å². The number of carbonyl (C=O) groups excluding carboxylic acids is 2. The Morgan fingerprint density at radius 1 is 0.650 bits per heavy atom.